The van der Waals surface area contributed by atoms with E-state index in [0.29, 0.717) is 18.6 Å². The Bertz CT molecular complexity index is 1420. The van der Waals surface area contributed by atoms with Crippen molar-refractivity contribution < 1.29 is 23.7 Å². The van der Waals surface area contributed by atoms with E-state index in [1.165, 1.54) is 5.69 Å². The van der Waals surface area contributed by atoms with Crippen LogP contribution in [0.25, 0.3) is 0 Å². The average molecular weight is 579 g/mol. The molecule has 0 aromatic heterocycles. The van der Waals surface area contributed by atoms with Gasteiger partial charge in [0, 0.05) is 63.2 Å². The molecule has 0 atom stereocenters. The summed E-state index contributed by atoms with van der Waals surface area (Å²) in [5, 5.41) is 0. The van der Waals surface area contributed by atoms with Crippen molar-refractivity contribution in [3.63, 3.8) is 0 Å². The predicted molar refractivity (Wildman–Crippen MR) is 168 cm³/mol. The second-order valence-electron chi connectivity index (χ2n) is 10.9. The third kappa shape index (κ3) is 7.74. The van der Waals surface area contributed by atoms with Crippen molar-refractivity contribution in [3.8, 4) is 23.0 Å². The molecule has 0 radical (unpaired) electrons. The van der Waals surface area contributed by atoms with Gasteiger partial charge in [-0.3, -0.25) is 4.79 Å². The third-order valence-electron chi connectivity index (χ3n) is 8.02. The van der Waals surface area contributed by atoms with Crippen molar-refractivity contribution in [2.24, 2.45) is 0 Å². The van der Waals surface area contributed by atoms with Gasteiger partial charge in [-0.2, -0.15) is 0 Å². The number of carbonyl (C=O) groups is 1. The van der Waals surface area contributed by atoms with Gasteiger partial charge in [0.2, 0.25) is 0 Å². The zero-order valence-corrected chi connectivity index (χ0v) is 24.4. The van der Waals surface area contributed by atoms with Gasteiger partial charge in [0.25, 0.3) is 0 Å². The van der Waals surface area contributed by atoms with Crippen molar-refractivity contribution >= 4 is 17.2 Å². The van der Waals surface area contributed by atoms with Crippen molar-refractivity contribution in [1.29, 1.82) is 0 Å². The van der Waals surface area contributed by atoms with Gasteiger partial charge < -0.3 is 28.7 Å². The van der Waals surface area contributed by atoms with Gasteiger partial charge in [0.1, 0.15) is 28.8 Å². The first-order valence-corrected chi connectivity index (χ1v) is 15.1. The van der Waals surface area contributed by atoms with Crippen LogP contribution in [0.15, 0.2) is 109 Å². The highest BCUT2D eigenvalue weighted by Crippen LogP contribution is 2.34. The topological polar surface area (TPSA) is 60.5 Å². The van der Waals surface area contributed by atoms with Crippen LogP contribution in [0.3, 0.4) is 0 Å². The molecule has 3 aliphatic heterocycles. The lowest BCUT2D eigenvalue weighted by Crippen LogP contribution is -2.45. The first kappa shape index (κ1) is 28.8. The molecular weight excluding hydrogens is 540 g/mol. The summed E-state index contributed by atoms with van der Waals surface area (Å²) in [6.45, 7) is 5.00. The second-order valence-corrected chi connectivity index (χ2v) is 10.9. The summed E-state index contributed by atoms with van der Waals surface area (Å²) in [6.07, 6.45) is 3.16. The number of rotatable bonds is 6. The number of nitrogens with zero attached hydrogens (tertiary/aromatic N) is 2. The lowest BCUT2D eigenvalue weighted by Gasteiger charge is -2.38. The summed E-state index contributed by atoms with van der Waals surface area (Å²) in [6, 6.07) is 35.9. The standard InChI is InChI=1S/C19H21NO3.C17H17NO2/c1-2-4-17(5-3-1)23-18-8-6-16(7-9-18)20-12-10-19(11-13-20)21-14-15-22-19;19-15-10-12-18(13-11-15)14-6-8-17(9-7-14)20-16-4-2-1-3-5-16/h1-9H,10-15H2;1-9H,10-13H2. The highest BCUT2D eigenvalue weighted by atomic mass is 16.7. The number of anilines is 2. The van der Waals surface area contributed by atoms with Crippen molar-refractivity contribution in [1.82, 2.24) is 0 Å². The fraction of sp³-hybridized carbons (Fsp3) is 0.306. The number of hydrogen-bond donors (Lipinski definition) is 0. The Balaban J connectivity index is 0.000000155. The molecule has 3 aliphatic rings. The van der Waals surface area contributed by atoms with Gasteiger partial charge >= 0.3 is 0 Å². The Hall–Kier alpha value is -4.33. The molecule has 3 fully saturated rings. The molecule has 0 bridgehead atoms. The summed E-state index contributed by atoms with van der Waals surface area (Å²) in [5.41, 5.74) is 2.37. The minimum absolute atomic E-state index is 0.313. The largest absolute Gasteiger partial charge is 0.457 e. The lowest BCUT2D eigenvalue weighted by atomic mass is 10.0. The smallest absolute Gasteiger partial charge is 0.171 e. The number of carbonyl (C=O) groups excluding carboxylic acids is 1. The summed E-state index contributed by atoms with van der Waals surface area (Å²) in [5.74, 6) is 3.43. The SMILES string of the molecule is O=C1CCN(c2ccc(Oc3ccccc3)cc2)CC1.c1ccc(Oc2ccc(N3CCC4(CC3)OCCO4)cc2)cc1. The van der Waals surface area contributed by atoms with Crippen LogP contribution in [-0.4, -0.2) is 51.0 Å². The van der Waals surface area contributed by atoms with E-state index in [2.05, 4.69) is 21.9 Å². The Morgan fingerprint density at radius 3 is 1.35 bits per heavy atom. The van der Waals surface area contributed by atoms with Crippen LogP contribution < -0.4 is 19.3 Å². The molecule has 7 nitrogen and oxygen atoms in total. The van der Waals surface area contributed by atoms with E-state index in [1.54, 1.807) is 0 Å². The van der Waals surface area contributed by atoms with Crippen LogP contribution in [0, 0.1) is 0 Å². The molecule has 7 heteroatoms. The summed E-state index contributed by atoms with van der Waals surface area (Å²) >= 11 is 0. The zero-order chi connectivity index (χ0) is 29.3. The Morgan fingerprint density at radius 1 is 0.512 bits per heavy atom. The molecule has 7 rings (SSSR count). The summed E-state index contributed by atoms with van der Waals surface area (Å²) in [4.78, 5) is 15.9. The number of ketones is 1. The number of benzene rings is 4. The van der Waals surface area contributed by atoms with Crippen LogP contribution >= 0.6 is 0 Å². The zero-order valence-electron chi connectivity index (χ0n) is 24.4. The number of hydrogen-bond acceptors (Lipinski definition) is 7. The summed E-state index contributed by atoms with van der Waals surface area (Å²) < 4.78 is 23.2. The third-order valence-corrected chi connectivity index (χ3v) is 8.02. The van der Waals surface area contributed by atoms with E-state index >= 15 is 0 Å². The van der Waals surface area contributed by atoms with E-state index < -0.39 is 0 Å². The minimum atomic E-state index is -0.313. The molecule has 0 aliphatic carbocycles. The first-order valence-electron chi connectivity index (χ1n) is 15.1. The normalized spacial score (nSPS) is 17.7. The second kappa shape index (κ2) is 13.8. The van der Waals surface area contributed by atoms with Crippen LogP contribution in [0.2, 0.25) is 0 Å². The van der Waals surface area contributed by atoms with Crippen molar-refractivity contribution in [2.75, 3.05) is 49.2 Å². The molecule has 0 unspecified atom stereocenters. The molecule has 0 N–H and O–H groups in total. The molecule has 4 aromatic rings. The van der Waals surface area contributed by atoms with E-state index in [-0.39, 0.29) is 5.79 Å². The lowest BCUT2D eigenvalue weighted by molar-refractivity contribution is -0.169. The number of para-hydroxylation sites is 2. The summed E-state index contributed by atoms with van der Waals surface area (Å²) in [7, 11) is 0. The average Bonchev–Trinajstić information content (AvgIpc) is 3.52. The highest BCUT2D eigenvalue weighted by Gasteiger charge is 2.39. The maximum atomic E-state index is 11.3. The van der Waals surface area contributed by atoms with Crippen LogP contribution in [0.4, 0.5) is 11.4 Å². The van der Waals surface area contributed by atoms with Gasteiger partial charge in [-0.15, -0.1) is 0 Å². The molecule has 43 heavy (non-hydrogen) atoms. The molecule has 222 valence electrons. The first-order chi connectivity index (χ1) is 21.1. The molecule has 0 saturated carbocycles. The van der Waals surface area contributed by atoms with Crippen molar-refractivity contribution in [3.05, 3.63) is 109 Å². The maximum absolute atomic E-state index is 11.3. The number of Topliss-reactive ketones (excluding diaryl/α,β-unsaturated/α-hetero) is 1. The predicted octanol–water partition coefficient (Wildman–Crippen LogP) is 7.47. The van der Waals surface area contributed by atoms with E-state index in [0.717, 1.165) is 80.9 Å². The van der Waals surface area contributed by atoms with E-state index in [1.807, 2.05) is 97.1 Å². The molecule has 3 heterocycles. The molecule has 1 spiro atoms. The fourth-order valence-electron chi connectivity index (χ4n) is 5.60. The molecule has 3 saturated heterocycles. The van der Waals surface area contributed by atoms with Gasteiger partial charge in [-0.1, -0.05) is 36.4 Å². The highest BCUT2D eigenvalue weighted by molar-refractivity contribution is 5.81. The van der Waals surface area contributed by atoms with Gasteiger partial charge in [-0.05, 0) is 72.8 Å². The van der Waals surface area contributed by atoms with Crippen LogP contribution in [0.5, 0.6) is 23.0 Å². The number of piperidine rings is 2. The van der Waals surface area contributed by atoms with Gasteiger partial charge in [0.05, 0.1) is 13.2 Å². The van der Waals surface area contributed by atoms with Crippen LogP contribution in [-0.2, 0) is 14.3 Å². The quantitative estimate of drug-likeness (QED) is 0.235. The van der Waals surface area contributed by atoms with E-state index in [4.69, 9.17) is 18.9 Å². The van der Waals surface area contributed by atoms with Crippen molar-refractivity contribution in [2.45, 2.75) is 31.5 Å². The monoisotopic (exact) mass is 578 g/mol. The fourth-order valence-corrected chi connectivity index (χ4v) is 5.60. The Labute approximate surface area is 253 Å². The van der Waals surface area contributed by atoms with Gasteiger partial charge in [0.15, 0.2) is 5.79 Å². The minimum Gasteiger partial charge on any atom is -0.457 e. The number of ether oxygens (including phenoxy) is 4. The van der Waals surface area contributed by atoms with Gasteiger partial charge in [-0.25, -0.2) is 0 Å². The molecular formula is C36H38N2O5. The molecule has 0 amide bonds. The molecule has 4 aromatic carbocycles. The van der Waals surface area contributed by atoms with Crippen LogP contribution in [0.1, 0.15) is 25.7 Å². The Morgan fingerprint density at radius 2 is 0.907 bits per heavy atom. The maximum Gasteiger partial charge on any atom is 0.171 e. The van der Waals surface area contributed by atoms with E-state index in [9.17, 15) is 4.79 Å². The Kier molecular flexibility index (Phi) is 9.21.